The number of Topliss-reactive ketones (excluding diaryl/α,β-unsaturated/α-hetero) is 1. The molecule has 0 saturated carbocycles. The van der Waals surface area contributed by atoms with E-state index in [9.17, 15) is 22.8 Å². The highest BCUT2D eigenvalue weighted by Gasteiger charge is 2.31. The first-order valence-electron chi connectivity index (χ1n) is 12.9. The van der Waals surface area contributed by atoms with Gasteiger partial charge >= 0.3 is 6.18 Å². The Morgan fingerprint density at radius 3 is 2.81 bits per heavy atom. The summed E-state index contributed by atoms with van der Waals surface area (Å²) in [6, 6.07) is 4.81. The number of alkyl halides is 3. The van der Waals surface area contributed by atoms with Crippen molar-refractivity contribution in [2.24, 2.45) is 11.8 Å². The molecule has 10 heteroatoms. The van der Waals surface area contributed by atoms with E-state index in [0.29, 0.717) is 50.0 Å². The van der Waals surface area contributed by atoms with Gasteiger partial charge < -0.3 is 10.6 Å². The van der Waals surface area contributed by atoms with Crippen LogP contribution in [0, 0.1) is 11.8 Å². The van der Waals surface area contributed by atoms with E-state index in [1.807, 2.05) is 0 Å². The molecule has 0 radical (unpaired) electrons. The monoisotopic (exact) mass is 536 g/mol. The fourth-order valence-electron chi connectivity index (χ4n) is 5.29. The van der Waals surface area contributed by atoms with Gasteiger partial charge in [0.2, 0.25) is 11.2 Å². The molecule has 1 fully saturated rings. The maximum absolute atomic E-state index is 13.2. The summed E-state index contributed by atoms with van der Waals surface area (Å²) in [7, 11) is 0. The number of hydrogen-bond donors (Lipinski definition) is 2. The Morgan fingerprint density at radius 1 is 1.22 bits per heavy atom. The zero-order valence-electron chi connectivity index (χ0n) is 20.8. The molecule has 1 amide bonds. The lowest BCUT2D eigenvalue weighted by Gasteiger charge is -2.27. The molecule has 0 bridgehead atoms. The number of hydrogen-bond acceptors (Lipinski definition) is 5. The second-order valence-corrected chi connectivity index (χ2v) is 10.4. The highest BCUT2D eigenvalue weighted by atomic mass is 35.5. The van der Waals surface area contributed by atoms with Crippen LogP contribution in [0.3, 0.4) is 0 Å². The predicted molar refractivity (Wildman–Crippen MR) is 135 cm³/mol. The molecule has 4 rings (SSSR count). The maximum Gasteiger partial charge on any atom is 0.416 e. The summed E-state index contributed by atoms with van der Waals surface area (Å²) in [4.78, 5) is 33.2. The largest absolute Gasteiger partial charge is 0.416 e. The third-order valence-corrected chi connectivity index (χ3v) is 7.61. The fraction of sp³-hybridized carbons (Fsp3) is 0.556. The van der Waals surface area contributed by atoms with Crippen LogP contribution >= 0.6 is 11.6 Å². The molecule has 3 atom stereocenters. The summed E-state index contributed by atoms with van der Waals surface area (Å²) in [5.74, 6) is 1.11. The minimum atomic E-state index is -4.41. The van der Waals surface area contributed by atoms with Crippen LogP contribution in [0.1, 0.15) is 80.3 Å². The Morgan fingerprint density at radius 2 is 2.03 bits per heavy atom. The van der Waals surface area contributed by atoms with Crippen molar-refractivity contribution in [1.29, 1.82) is 0 Å². The number of fused-ring (bicyclic) bond motifs is 1. The third kappa shape index (κ3) is 7.21. The highest BCUT2D eigenvalue weighted by molar-refractivity contribution is 6.28. The predicted octanol–water partition coefficient (Wildman–Crippen LogP) is 6.08. The quantitative estimate of drug-likeness (QED) is 0.419. The summed E-state index contributed by atoms with van der Waals surface area (Å²) < 4.78 is 39.5. The van der Waals surface area contributed by atoms with Crippen molar-refractivity contribution in [3.63, 3.8) is 0 Å². The number of anilines is 1. The molecule has 6 nitrogen and oxygen atoms in total. The van der Waals surface area contributed by atoms with E-state index in [2.05, 4.69) is 20.6 Å². The van der Waals surface area contributed by atoms with E-state index in [-0.39, 0.29) is 28.8 Å². The average molecular weight is 537 g/mol. The number of amides is 1. The molecule has 0 spiro atoms. The van der Waals surface area contributed by atoms with E-state index >= 15 is 0 Å². The van der Waals surface area contributed by atoms with Gasteiger partial charge in [0.1, 0.15) is 11.6 Å². The molecule has 1 aromatic heterocycles. The fourth-order valence-corrected chi connectivity index (χ4v) is 5.48. The van der Waals surface area contributed by atoms with E-state index in [0.717, 1.165) is 49.1 Å². The van der Waals surface area contributed by atoms with Crippen LogP contribution in [-0.2, 0) is 28.6 Å². The minimum Gasteiger partial charge on any atom is -0.363 e. The van der Waals surface area contributed by atoms with Crippen molar-refractivity contribution in [3.05, 3.63) is 51.9 Å². The number of carbonyl (C=O) groups excluding carboxylic acids is 2. The second kappa shape index (κ2) is 11.8. The molecule has 2 unspecified atom stereocenters. The topological polar surface area (TPSA) is 84.0 Å². The lowest BCUT2D eigenvalue weighted by Crippen LogP contribution is -2.30. The molecular formula is C27H32ClF3N4O2. The first-order chi connectivity index (χ1) is 17.6. The normalized spacial score (nSPS) is 21.3. The lowest BCUT2D eigenvalue weighted by molar-refractivity contribution is -0.137. The van der Waals surface area contributed by atoms with Gasteiger partial charge in [0, 0.05) is 36.9 Å². The van der Waals surface area contributed by atoms with Crippen molar-refractivity contribution in [2.45, 2.75) is 76.9 Å². The molecular weight excluding hydrogens is 505 g/mol. The Kier molecular flexibility index (Phi) is 8.72. The smallest absolute Gasteiger partial charge is 0.363 e. The number of halogens is 4. The summed E-state index contributed by atoms with van der Waals surface area (Å²) in [5.41, 5.74) is 1.56. The Bertz CT molecular complexity index is 1130. The average Bonchev–Trinajstić information content (AvgIpc) is 2.84. The molecule has 1 aliphatic carbocycles. The number of rotatable bonds is 7. The van der Waals surface area contributed by atoms with Gasteiger partial charge in [-0.05, 0) is 87.1 Å². The van der Waals surface area contributed by atoms with E-state index < -0.39 is 17.8 Å². The first kappa shape index (κ1) is 27.4. The van der Waals surface area contributed by atoms with Gasteiger partial charge in [0.15, 0.2) is 0 Å². The maximum atomic E-state index is 13.2. The Hall–Kier alpha value is -2.68. The van der Waals surface area contributed by atoms with E-state index in [1.54, 1.807) is 13.0 Å². The van der Waals surface area contributed by atoms with Gasteiger partial charge in [-0.3, -0.25) is 9.59 Å². The van der Waals surface area contributed by atoms with Crippen LogP contribution in [0.2, 0.25) is 5.28 Å². The number of benzene rings is 1. The number of nitrogens with one attached hydrogen (secondary N) is 2. The standard InChI is InChI=1S/C27H32ClF3N4O2/c1-16(19-5-2-6-20(15-19)27(29,30)31)33-25-21-14-17(8-10-22(21)34-26(28)35-25)9-11-23(36)18-4-3-7-24(37)32-13-12-18/h2,5-6,15-18H,3-4,7-14H2,1H3,(H,32,37)(H,33,34,35)/t16-,17?,18?/m1/s1. The minimum absolute atomic E-state index is 0.0100. The number of ketones is 1. The van der Waals surface area contributed by atoms with Gasteiger partial charge in [-0.1, -0.05) is 12.1 Å². The van der Waals surface area contributed by atoms with Gasteiger partial charge in [0.05, 0.1) is 11.3 Å². The van der Waals surface area contributed by atoms with Gasteiger partial charge in [-0.15, -0.1) is 0 Å². The molecule has 1 saturated heterocycles. The summed E-state index contributed by atoms with van der Waals surface area (Å²) >= 11 is 6.17. The zero-order valence-corrected chi connectivity index (χ0v) is 21.6. The van der Waals surface area contributed by atoms with Crippen LogP contribution in [0.4, 0.5) is 19.0 Å². The molecule has 2 N–H and O–H groups in total. The molecule has 2 aliphatic rings. The van der Waals surface area contributed by atoms with Gasteiger partial charge in [0.25, 0.3) is 0 Å². The van der Waals surface area contributed by atoms with Crippen LogP contribution in [0.5, 0.6) is 0 Å². The molecule has 2 aromatic rings. The van der Waals surface area contributed by atoms with Crippen LogP contribution in [-0.4, -0.2) is 28.2 Å². The number of aryl methyl sites for hydroxylation is 1. The lowest BCUT2D eigenvalue weighted by atomic mass is 9.81. The molecule has 200 valence electrons. The van der Waals surface area contributed by atoms with Gasteiger partial charge in [-0.2, -0.15) is 13.2 Å². The molecule has 37 heavy (non-hydrogen) atoms. The Labute approximate surface area is 219 Å². The molecule has 1 aromatic carbocycles. The SMILES string of the molecule is C[C@@H](Nc1nc(Cl)nc2c1CC(CCC(=O)C1CCCC(=O)NCC1)CC2)c1cccc(C(F)(F)F)c1. The summed E-state index contributed by atoms with van der Waals surface area (Å²) in [6.07, 6.45) is 1.76. The van der Waals surface area contributed by atoms with Crippen molar-refractivity contribution in [1.82, 2.24) is 15.3 Å². The van der Waals surface area contributed by atoms with E-state index in [4.69, 9.17) is 11.6 Å². The van der Waals surface area contributed by atoms with Crippen LogP contribution in [0.15, 0.2) is 24.3 Å². The zero-order chi connectivity index (χ0) is 26.6. The third-order valence-electron chi connectivity index (χ3n) is 7.44. The van der Waals surface area contributed by atoms with Crippen molar-refractivity contribution >= 4 is 29.1 Å². The number of nitrogens with zero attached hydrogens (tertiary/aromatic N) is 2. The van der Waals surface area contributed by atoms with Crippen molar-refractivity contribution in [3.8, 4) is 0 Å². The molecule has 1 aliphatic heterocycles. The first-order valence-corrected chi connectivity index (χ1v) is 13.3. The summed E-state index contributed by atoms with van der Waals surface area (Å²) in [6.45, 7) is 2.33. The van der Waals surface area contributed by atoms with Crippen LogP contribution < -0.4 is 10.6 Å². The van der Waals surface area contributed by atoms with E-state index in [1.165, 1.54) is 6.07 Å². The van der Waals surface area contributed by atoms with Gasteiger partial charge in [-0.25, -0.2) is 9.97 Å². The van der Waals surface area contributed by atoms with Crippen molar-refractivity contribution in [2.75, 3.05) is 11.9 Å². The number of carbonyl (C=O) groups is 2. The Balaban J connectivity index is 1.41. The van der Waals surface area contributed by atoms with Crippen molar-refractivity contribution < 1.29 is 22.8 Å². The second-order valence-electron chi connectivity index (χ2n) is 10.1. The summed E-state index contributed by atoms with van der Waals surface area (Å²) in [5, 5.41) is 6.21. The van der Waals surface area contributed by atoms with Crippen LogP contribution in [0.25, 0.3) is 0 Å². The molecule has 2 heterocycles. The number of aromatic nitrogens is 2. The highest BCUT2D eigenvalue weighted by Crippen LogP contribution is 2.35.